The molecule has 0 saturated carbocycles. The molecular formula is C15H23F2IN4O. The minimum atomic E-state index is -0.558. The molecule has 1 atom stereocenters. The lowest BCUT2D eigenvalue weighted by Crippen LogP contribution is -2.45. The van der Waals surface area contributed by atoms with Crippen molar-refractivity contribution in [2.24, 2.45) is 4.99 Å². The molecule has 2 N–H and O–H groups in total. The van der Waals surface area contributed by atoms with E-state index < -0.39 is 11.6 Å². The summed E-state index contributed by atoms with van der Waals surface area (Å²) in [5.41, 5.74) is 0.438. The highest BCUT2D eigenvalue weighted by molar-refractivity contribution is 14.0. The van der Waals surface area contributed by atoms with E-state index >= 15 is 0 Å². The summed E-state index contributed by atoms with van der Waals surface area (Å²) in [5.74, 6) is -0.385. The van der Waals surface area contributed by atoms with Crippen LogP contribution in [0.5, 0.6) is 0 Å². The van der Waals surface area contributed by atoms with E-state index in [0.29, 0.717) is 31.3 Å². The van der Waals surface area contributed by atoms with Crippen LogP contribution in [0.4, 0.5) is 14.5 Å². The maximum atomic E-state index is 13.8. The third kappa shape index (κ3) is 5.76. The highest BCUT2D eigenvalue weighted by Crippen LogP contribution is 2.24. The van der Waals surface area contributed by atoms with Gasteiger partial charge in [-0.15, -0.1) is 24.0 Å². The number of hydrogen-bond acceptors (Lipinski definition) is 3. The zero-order valence-corrected chi connectivity index (χ0v) is 15.6. The average Bonchev–Trinajstić information content (AvgIpc) is 2.94. The molecule has 8 heteroatoms. The fourth-order valence-electron chi connectivity index (χ4n) is 2.49. The van der Waals surface area contributed by atoms with E-state index in [9.17, 15) is 8.78 Å². The van der Waals surface area contributed by atoms with Crippen molar-refractivity contribution in [2.75, 3.05) is 45.3 Å². The minimum Gasteiger partial charge on any atom is -0.383 e. The van der Waals surface area contributed by atoms with Gasteiger partial charge in [0.05, 0.1) is 12.3 Å². The van der Waals surface area contributed by atoms with Crippen molar-refractivity contribution in [2.45, 2.75) is 12.5 Å². The van der Waals surface area contributed by atoms with E-state index in [1.807, 2.05) is 4.90 Å². The number of halogens is 3. The summed E-state index contributed by atoms with van der Waals surface area (Å²) in [6, 6.07) is 3.85. The van der Waals surface area contributed by atoms with Crippen molar-refractivity contribution < 1.29 is 13.5 Å². The van der Waals surface area contributed by atoms with Crippen LogP contribution in [-0.4, -0.2) is 52.4 Å². The summed E-state index contributed by atoms with van der Waals surface area (Å²) in [6.07, 6.45) is 0.863. The number of anilines is 1. The number of nitrogens with one attached hydrogen (secondary N) is 2. The molecule has 1 unspecified atom stereocenters. The second-order valence-electron chi connectivity index (χ2n) is 5.16. The van der Waals surface area contributed by atoms with Gasteiger partial charge in [-0.3, -0.25) is 4.99 Å². The number of benzene rings is 1. The molecule has 1 saturated heterocycles. The first kappa shape index (κ1) is 19.9. The van der Waals surface area contributed by atoms with Crippen LogP contribution in [0.2, 0.25) is 0 Å². The number of ether oxygens (including phenoxy) is 1. The lowest BCUT2D eigenvalue weighted by molar-refractivity contribution is 0.203. The molecule has 1 aliphatic heterocycles. The monoisotopic (exact) mass is 440 g/mol. The van der Waals surface area contributed by atoms with Crippen LogP contribution < -0.4 is 15.5 Å². The van der Waals surface area contributed by atoms with Crippen molar-refractivity contribution in [3.05, 3.63) is 29.8 Å². The molecule has 0 spiro atoms. The summed E-state index contributed by atoms with van der Waals surface area (Å²) in [6.45, 7) is 2.63. The molecule has 0 radical (unpaired) electrons. The van der Waals surface area contributed by atoms with Crippen molar-refractivity contribution in [1.29, 1.82) is 0 Å². The summed E-state index contributed by atoms with van der Waals surface area (Å²) in [5, 5.41) is 6.44. The number of methoxy groups -OCH3 is 1. The van der Waals surface area contributed by atoms with Gasteiger partial charge in [-0.25, -0.2) is 8.78 Å². The van der Waals surface area contributed by atoms with Crippen molar-refractivity contribution in [1.82, 2.24) is 10.6 Å². The maximum Gasteiger partial charge on any atom is 0.191 e. The second-order valence-corrected chi connectivity index (χ2v) is 5.16. The van der Waals surface area contributed by atoms with Crippen LogP contribution >= 0.6 is 24.0 Å². The van der Waals surface area contributed by atoms with E-state index in [2.05, 4.69) is 15.6 Å². The van der Waals surface area contributed by atoms with Gasteiger partial charge in [0.2, 0.25) is 0 Å². The van der Waals surface area contributed by atoms with Gasteiger partial charge in [0.1, 0.15) is 11.6 Å². The quantitative estimate of drug-likeness (QED) is 0.318. The largest absolute Gasteiger partial charge is 0.383 e. The molecule has 0 bridgehead atoms. The Bertz CT molecular complexity index is 530. The minimum absolute atomic E-state index is 0. The first-order valence-electron chi connectivity index (χ1n) is 7.30. The summed E-state index contributed by atoms with van der Waals surface area (Å²) >= 11 is 0. The predicted molar refractivity (Wildman–Crippen MR) is 98.8 cm³/mol. The van der Waals surface area contributed by atoms with Crippen molar-refractivity contribution >= 4 is 35.6 Å². The Morgan fingerprint density at radius 2 is 2.22 bits per heavy atom. The van der Waals surface area contributed by atoms with Crippen LogP contribution in [0.25, 0.3) is 0 Å². The van der Waals surface area contributed by atoms with E-state index in [1.54, 1.807) is 14.2 Å². The maximum absolute atomic E-state index is 13.8. The molecule has 0 amide bonds. The van der Waals surface area contributed by atoms with E-state index in [0.717, 1.165) is 19.0 Å². The molecule has 23 heavy (non-hydrogen) atoms. The third-order valence-electron chi connectivity index (χ3n) is 3.60. The zero-order chi connectivity index (χ0) is 15.9. The van der Waals surface area contributed by atoms with E-state index in [-0.39, 0.29) is 30.0 Å². The Morgan fingerprint density at radius 1 is 1.43 bits per heavy atom. The topological polar surface area (TPSA) is 48.9 Å². The van der Waals surface area contributed by atoms with Crippen molar-refractivity contribution in [3.63, 3.8) is 0 Å². The van der Waals surface area contributed by atoms with E-state index in [4.69, 9.17) is 4.74 Å². The van der Waals surface area contributed by atoms with Crippen molar-refractivity contribution in [3.8, 4) is 0 Å². The fraction of sp³-hybridized carbons (Fsp3) is 0.533. The van der Waals surface area contributed by atoms with Gasteiger partial charge in [0.15, 0.2) is 5.96 Å². The Hall–Kier alpha value is -1.16. The molecular weight excluding hydrogens is 417 g/mol. The molecule has 1 aromatic rings. The van der Waals surface area contributed by atoms with Gasteiger partial charge < -0.3 is 20.3 Å². The first-order valence-corrected chi connectivity index (χ1v) is 7.30. The Balaban J connectivity index is 0.00000264. The summed E-state index contributed by atoms with van der Waals surface area (Å²) < 4.78 is 31.8. The lowest BCUT2D eigenvalue weighted by Gasteiger charge is -2.20. The first-order chi connectivity index (χ1) is 10.6. The molecule has 2 rings (SSSR count). The third-order valence-corrected chi connectivity index (χ3v) is 3.60. The molecule has 1 heterocycles. The molecule has 1 aromatic carbocycles. The second kappa shape index (κ2) is 9.86. The van der Waals surface area contributed by atoms with Crippen LogP contribution in [-0.2, 0) is 4.74 Å². The predicted octanol–water partition coefficient (Wildman–Crippen LogP) is 1.97. The van der Waals surface area contributed by atoms with Gasteiger partial charge in [-0.05, 0) is 18.6 Å². The lowest BCUT2D eigenvalue weighted by atomic mass is 10.2. The number of hydrogen-bond donors (Lipinski definition) is 2. The Labute approximate surface area is 152 Å². The van der Waals surface area contributed by atoms with Crippen LogP contribution in [0, 0.1) is 11.6 Å². The fourth-order valence-corrected chi connectivity index (χ4v) is 2.49. The number of rotatable bonds is 5. The van der Waals surface area contributed by atoms with Crippen LogP contribution in [0.1, 0.15) is 6.42 Å². The average molecular weight is 440 g/mol. The Morgan fingerprint density at radius 3 is 2.87 bits per heavy atom. The zero-order valence-electron chi connectivity index (χ0n) is 13.3. The smallest absolute Gasteiger partial charge is 0.191 e. The molecule has 130 valence electrons. The molecule has 0 aromatic heterocycles. The normalized spacial score (nSPS) is 17.8. The molecule has 0 aliphatic carbocycles. The highest BCUT2D eigenvalue weighted by atomic mass is 127. The van der Waals surface area contributed by atoms with Crippen LogP contribution in [0.3, 0.4) is 0 Å². The molecule has 1 aliphatic rings. The van der Waals surface area contributed by atoms with Gasteiger partial charge in [0, 0.05) is 45.9 Å². The standard InChI is InChI=1S/C15H22F2N4O.HI/c1-18-15(19-6-8-22-2)20-12-5-7-21(10-12)14-4-3-11(16)9-13(14)17;/h3-4,9,12H,5-8,10H2,1-2H3,(H2,18,19,20);1H. The van der Waals surface area contributed by atoms with Gasteiger partial charge in [-0.1, -0.05) is 0 Å². The molecule has 5 nitrogen and oxygen atoms in total. The summed E-state index contributed by atoms with van der Waals surface area (Å²) in [7, 11) is 3.35. The Kier molecular flexibility index (Phi) is 8.53. The van der Waals surface area contributed by atoms with Gasteiger partial charge >= 0.3 is 0 Å². The SMILES string of the molecule is CN=C(NCCOC)NC1CCN(c2ccc(F)cc2F)C1.I. The number of guanidine groups is 1. The molecule has 1 fully saturated rings. The number of nitrogens with zero attached hydrogens (tertiary/aromatic N) is 2. The highest BCUT2D eigenvalue weighted by Gasteiger charge is 2.25. The number of aliphatic imine (C=N–C) groups is 1. The van der Waals surface area contributed by atoms with Crippen LogP contribution in [0.15, 0.2) is 23.2 Å². The van der Waals surface area contributed by atoms with E-state index in [1.165, 1.54) is 12.1 Å². The van der Waals surface area contributed by atoms with Gasteiger partial charge in [-0.2, -0.15) is 0 Å². The summed E-state index contributed by atoms with van der Waals surface area (Å²) in [4.78, 5) is 6.06. The van der Waals surface area contributed by atoms with Gasteiger partial charge in [0.25, 0.3) is 0 Å².